The zero-order valence-electron chi connectivity index (χ0n) is 14.0. The van der Waals surface area contributed by atoms with Gasteiger partial charge in [0.05, 0.1) is 0 Å². The maximum Gasteiger partial charge on any atom is 0.387 e. The van der Waals surface area contributed by atoms with Gasteiger partial charge >= 0.3 is 6.61 Å². The van der Waals surface area contributed by atoms with Crippen LogP contribution in [0.15, 0.2) is 48.5 Å². The van der Waals surface area contributed by atoms with E-state index in [1.807, 2.05) is 12.1 Å². The first-order valence-corrected chi connectivity index (χ1v) is 8.66. The number of halogens is 2. The van der Waals surface area contributed by atoms with Gasteiger partial charge in [-0.2, -0.15) is 8.78 Å². The van der Waals surface area contributed by atoms with Crippen molar-refractivity contribution in [3.8, 4) is 5.75 Å². The molecule has 3 nitrogen and oxygen atoms in total. The van der Waals surface area contributed by atoms with Crippen LogP contribution in [0.2, 0.25) is 0 Å². The van der Waals surface area contributed by atoms with E-state index in [0.29, 0.717) is 17.9 Å². The third-order valence-corrected chi connectivity index (χ3v) is 5.53. The first-order valence-electron chi connectivity index (χ1n) is 8.66. The van der Waals surface area contributed by atoms with Crippen molar-refractivity contribution in [3.05, 3.63) is 59.7 Å². The molecule has 1 saturated heterocycles. The third kappa shape index (κ3) is 3.21. The summed E-state index contributed by atoms with van der Waals surface area (Å²) in [7, 11) is 0. The summed E-state index contributed by atoms with van der Waals surface area (Å²) in [4.78, 5) is 2.31. The van der Waals surface area contributed by atoms with Gasteiger partial charge in [-0.3, -0.25) is 0 Å². The molecule has 1 aliphatic heterocycles. The lowest BCUT2D eigenvalue weighted by molar-refractivity contribution is -0.0498. The monoisotopic (exact) mass is 344 g/mol. The van der Waals surface area contributed by atoms with Crippen molar-refractivity contribution in [2.75, 3.05) is 18.0 Å². The van der Waals surface area contributed by atoms with Crippen molar-refractivity contribution in [2.45, 2.75) is 31.9 Å². The van der Waals surface area contributed by atoms with Crippen LogP contribution >= 0.6 is 0 Å². The summed E-state index contributed by atoms with van der Waals surface area (Å²) in [5.41, 5.74) is 9.73. The molecule has 25 heavy (non-hydrogen) atoms. The van der Waals surface area contributed by atoms with E-state index in [0.717, 1.165) is 18.8 Å². The van der Waals surface area contributed by atoms with E-state index in [-0.39, 0.29) is 5.75 Å². The van der Waals surface area contributed by atoms with E-state index >= 15 is 0 Å². The molecule has 132 valence electrons. The average molecular weight is 344 g/mol. The molecule has 4 rings (SSSR count). The van der Waals surface area contributed by atoms with Crippen molar-refractivity contribution >= 4 is 5.69 Å². The van der Waals surface area contributed by atoms with Gasteiger partial charge in [-0.25, -0.2) is 0 Å². The van der Waals surface area contributed by atoms with Gasteiger partial charge in [-0.1, -0.05) is 24.3 Å². The van der Waals surface area contributed by atoms with Crippen LogP contribution in [0.25, 0.3) is 0 Å². The number of benzene rings is 2. The summed E-state index contributed by atoms with van der Waals surface area (Å²) in [6, 6.07) is 15.6. The molecule has 0 amide bonds. The van der Waals surface area contributed by atoms with Crippen LogP contribution in [0.3, 0.4) is 0 Å². The zero-order chi connectivity index (χ0) is 17.4. The highest BCUT2D eigenvalue weighted by Crippen LogP contribution is 2.56. The molecular weight excluding hydrogens is 322 g/mol. The molecule has 5 heteroatoms. The van der Waals surface area contributed by atoms with Crippen LogP contribution in [0.1, 0.15) is 29.9 Å². The molecule has 0 unspecified atom stereocenters. The maximum absolute atomic E-state index is 12.2. The highest BCUT2D eigenvalue weighted by molar-refractivity contribution is 5.53. The van der Waals surface area contributed by atoms with Crippen LogP contribution in [0.5, 0.6) is 5.75 Å². The number of nitrogens with zero attached hydrogens (tertiary/aromatic N) is 1. The van der Waals surface area contributed by atoms with E-state index in [4.69, 9.17) is 5.73 Å². The Morgan fingerprint density at radius 2 is 1.68 bits per heavy atom. The molecule has 2 aromatic rings. The van der Waals surface area contributed by atoms with E-state index < -0.39 is 6.61 Å². The number of hydrogen-bond donors (Lipinski definition) is 1. The quantitative estimate of drug-likeness (QED) is 0.886. The topological polar surface area (TPSA) is 38.5 Å². The zero-order valence-corrected chi connectivity index (χ0v) is 14.0. The second-order valence-electron chi connectivity index (χ2n) is 7.28. The number of hydrogen-bond acceptors (Lipinski definition) is 3. The highest BCUT2D eigenvalue weighted by Gasteiger charge is 2.52. The Kier molecular flexibility index (Phi) is 4.12. The second kappa shape index (κ2) is 6.30. The van der Waals surface area contributed by atoms with E-state index in [1.54, 1.807) is 12.1 Å². The molecule has 0 aromatic heterocycles. The number of anilines is 1. The van der Waals surface area contributed by atoms with Gasteiger partial charge in [0.25, 0.3) is 0 Å². The van der Waals surface area contributed by atoms with Gasteiger partial charge in [-0.05, 0) is 54.2 Å². The van der Waals surface area contributed by atoms with Crippen molar-refractivity contribution < 1.29 is 13.5 Å². The van der Waals surface area contributed by atoms with Gasteiger partial charge in [0.2, 0.25) is 0 Å². The molecule has 0 atom stereocenters. The predicted molar refractivity (Wildman–Crippen MR) is 94.0 cm³/mol. The van der Waals surface area contributed by atoms with Crippen molar-refractivity contribution in [2.24, 2.45) is 11.1 Å². The first kappa shape index (κ1) is 16.3. The largest absolute Gasteiger partial charge is 0.435 e. The fraction of sp³-hybridized carbons (Fsp3) is 0.400. The molecular formula is C20H22F2N2O. The summed E-state index contributed by atoms with van der Waals surface area (Å²) in [5.74, 6) is 0.856. The predicted octanol–water partition coefficient (Wildman–Crippen LogP) is 4.13. The molecule has 1 heterocycles. The Morgan fingerprint density at radius 1 is 1.04 bits per heavy atom. The van der Waals surface area contributed by atoms with E-state index in [2.05, 4.69) is 33.9 Å². The molecule has 1 saturated carbocycles. The van der Waals surface area contributed by atoms with Crippen LogP contribution in [-0.2, 0) is 6.54 Å². The summed E-state index contributed by atoms with van der Waals surface area (Å²) in [5, 5.41) is 0. The van der Waals surface area contributed by atoms with E-state index in [1.165, 1.54) is 24.0 Å². The fourth-order valence-corrected chi connectivity index (χ4v) is 4.19. The Morgan fingerprint density at radius 3 is 2.24 bits per heavy atom. The number of ether oxygens (including phenoxy) is 1. The van der Waals surface area contributed by atoms with Crippen LogP contribution in [0, 0.1) is 5.41 Å². The van der Waals surface area contributed by atoms with Crippen LogP contribution in [-0.4, -0.2) is 19.7 Å². The lowest BCUT2D eigenvalue weighted by atomic mass is 9.56. The van der Waals surface area contributed by atoms with Gasteiger partial charge in [0.15, 0.2) is 0 Å². The minimum atomic E-state index is -2.77. The normalized spacial score (nSPS) is 19.0. The molecule has 1 aliphatic carbocycles. The Labute approximate surface area is 146 Å². The Balaban J connectivity index is 1.30. The van der Waals surface area contributed by atoms with Gasteiger partial charge in [0, 0.05) is 30.7 Å². The molecule has 0 bridgehead atoms. The van der Waals surface area contributed by atoms with Crippen LogP contribution < -0.4 is 15.4 Å². The maximum atomic E-state index is 12.2. The molecule has 2 aromatic carbocycles. The van der Waals surface area contributed by atoms with Gasteiger partial charge in [-0.15, -0.1) is 0 Å². The second-order valence-corrected chi connectivity index (χ2v) is 7.28. The highest BCUT2D eigenvalue weighted by atomic mass is 19.3. The van der Waals surface area contributed by atoms with Crippen molar-refractivity contribution in [1.82, 2.24) is 0 Å². The Hall–Kier alpha value is -2.14. The summed E-state index contributed by atoms with van der Waals surface area (Å²) >= 11 is 0. The SMILES string of the molecule is NCc1ccc(C2CC3(C2)CN(c2ccc(OC(F)F)cc2)C3)cc1. The number of nitrogens with two attached hydrogens (primary N) is 1. The lowest BCUT2D eigenvalue weighted by Gasteiger charge is -2.60. The summed E-state index contributed by atoms with van der Waals surface area (Å²) in [6.07, 6.45) is 2.44. The van der Waals surface area contributed by atoms with Crippen LogP contribution in [0.4, 0.5) is 14.5 Å². The van der Waals surface area contributed by atoms with Gasteiger partial charge < -0.3 is 15.4 Å². The molecule has 2 aliphatic rings. The number of rotatable bonds is 5. The molecule has 0 radical (unpaired) electrons. The minimum Gasteiger partial charge on any atom is -0.435 e. The molecule has 2 fully saturated rings. The van der Waals surface area contributed by atoms with Gasteiger partial charge in [0.1, 0.15) is 5.75 Å². The average Bonchev–Trinajstić information content (AvgIpc) is 2.54. The minimum absolute atomic E-state index is 0.207. The standard InChI is InChI=1S/C20H22F2N2O/c21-19(22)25-18-7-5-17(6-8-18)24-12-20(13-24)9-16(10-20)15-3-1-14(11-23)2-4-15/h1-8,16,19H,9-13,23H2. The smallest absolute Gasteiger partial charge is 0.387 e. The van der Waals surface area contributed by atoms with Crippen molar-refractivity contribution in [1.29, 1.82) is 0 Å². The summed E-state index contributed by atoms with van der Waals surface area (Å²) < 4.78 is 28.8. The third-order valence-electron chi connectivity index (χ3n) is 5.53. The summed E-state index contributed by atoms with van der Waals surface area (Å²) in [6.45, 7) is -0.104. The molecule has 1 spiro atoms. The van der Waals surface area contributed by atoms with E-state index in [9.17, 15) is 8.78 Å². The Bertz CT molecular complexity index is 716. The lowest BCUT2D eigenvalue weighted by Crippen LogP contribution is -2.61. The first-order chi connectivity index (χ1) is 12.1. The van der Waals surface area contributed by atoms with Crippen molar-refractivity contribution in [3.63, 3.8) is 0 Å². The fourth-order valence-electron chi connectivity index (χ4n) is 4.19. The molecule has 2 N–H and O–H groups in total. The number of alkyl halides is 2.